The maximum Gasteiger partial charge on any atom is 0.258 e. The van der Waals surface area contributed by atoms with E-state index in [2.05, 4.69) is 35.5 Å². The van der Waals surface area contributed by atoms with Gasteiger partial charge >= 0.3 is 0 Å². The number of allylic oxidation sites excluding steroid dienone is 3. The van der Waals surface area contributed by atoms with Crippen LogP contribution in [0.5, 0.6) is 0 Å². The quantitative estimate of drug-likeness (QED) is 0.456. The summed E-state index contributed by atoms with van der Waals surface area (Å²) in [4.78, 5) is 13.7. The van der Waals surface area contributed by atoms with E-state index in [9.17, 15) is 13.4 Å². The van der Waals surface area contributed by atoms with Crippen molar-refractivity contribution < 1.29 is 8.60 Å². The molecule has 4 aliphatic carbocycles. The molecule has 4 atom stereocenters. The molecule has 0 spiro atoms. The molecule has 4 aliphatic rings. The van der Waals surface area contributed by atoms with Crippen LogP contribution in [0.1, 0.15) is 74.3 Å². The van der Waals surface area contributed by atoms with E-state index in [-0.39, 0.29) is 27.7 Å². The Kier molecular flexibility index (Phi) is 5.83. The highest BCUT2D eigenvalue weighted by atomic mass is 32.2. The van der Waals surface area contributed by atoms with Gasteiger partial charge in [0.05, 0.1) is 11.4 Å². The predicted octanol–water partition coefficient (Wildman–Crippen LogP) is 5.15. The third-order valence-electron chi connectivity index (χ3n) is 9.05. The van der Waals surface area contributed by atoms with Gasteiger partial charge in [-0.1, -0.05) is 18.2 Å². The van der Waals surface area contributed by atoms with Crippen LogP contribution in [0.4, 0.5) is 4.39 Å². The molecule has 8 heteroatoms. The molecule has 2 heterocycles. The monoisotopic (exact) mass is 534 g/mol. The van der Waals surface area contributed by atoms with Crippen LogP contribution in [0.15, 0.2) is 59.3 Å². The zero-order chi connectivity index (χ0) is 27.0. The normalized spacial score (nSPS) is 28.3. The van der Waals surface area contributed by atoms with Crippen LogP contribution in [0, 0.1) is 6.92 Å². The van der Waals surface area contributed by atoms with Gasteiger partial charge in [0.25, 0.3) is 5.56 Å². The average Bonchev–Trinajstić information content (AvgIpc) is 3.31. The number of alkyl halides is 1. The SMILES string of the molecule is Cc1cc([C@@H](C)NC2=CC=CCC2S(C)=O)c2cc(C34CC(c5cnn(C(C)F)c5)(C3)C4)n(C)c(=O)c2c1. The van der Waals surface area contributed by atoms with E-state index in [0.29, 0.717) is 0 Å². The lowest BCUT2D eigenvalue weighted by molar-refractivity contribution is -0.0745. The van der Waals surface area contributed by atoms with Crippen LogP contribution in [0.25, 0.3) is 10.8 Å². The largest absolute Gasteiger partial charge is 0.381 e. The lowest BCUT2D eigenvalue weighted by Gasteiger charge is -2.71. The Bertz CT molecular complexity index is 1580. The highest BCUT2D eigenvalue weighted by Gasteiger charge is 2.70. The number of benzene rings is 1. The molecule has 7 rings (SSSR count). The average molecular weight is 535 g/mol. The summed E-state index contributed by atoms with van der Waals surface area (Å²) >= 11 is 0. The fourth-order valence-corrected chi connectivity index (χ4v) is 8.00. The Balaban J connectivity index is 1.36. The van der Waals surface area contributed by atoms with E-state index in [1.165, 1.54) is 11.6 Å². The van der Waals surface area contributed by atoms with E-state index in [0.717, 1.165) is 64.5 Å². The Morgan fingerprint density at radius 3 is 2.55 bits per heavy atom. The minimum Gasteiger partial charge on any atom is -0.381 e. The van der Waals surface area contributed by atoms with Crippen molar-refractivity contribution in [3.8, 4) is 0 Å². The Morgan fingerprint density at radius 2 is 1.89 bits per heavy atom. The molecule has 0 radical (unpaired) electrons. The maximum atomic E-state index is 13.7. The first kappa shape index (κ1) is 25.3. The number of pyridine rings is 1. The van der Waals surface area contributed by atoms with Crippen molar-refractivity contribution in [3.63, 3.8) is 0 Å². The highest BCUT2D eigenvalue weighted by Crippen LogP contribution is 2.73. The van der Waals surface area contributed by atoms with Crippen molar-refractivity contribution >= 4 is 21.6 Å². The van der Waals surface area contributed by atoms with Gasteiger partial charge in [-0.2, -0.15) is 5.10 Å². The minimum atomic E-state index is -1.14. The van der Waals surface area contributed by atoms with Crippen molar-refractivity contribution in [1.29, 1.82) is 0 Å². The number of aryl methyl sites for hydroxylation is 1. The summed E-state index contributed by atoms with van der Waals surface area (Å²) in [5, 5.41) is 9.49. The molecule has 0 aliphatic heterocycles. The van der Waals surface area contributed by atoms with Gasteiger partial charge in [-0.25, -0.2) is 9.07 Å². The Hall–Kier alpha value is -3.00. The third kappa shape index (κ3) is 3.74. The summed E-state index contributed by atoms with van der Waals surface area (Å²) in [5.41, 5.74) is 5.30. The van der Waals surface area contributed by atoms with Crippen molar-refractivity contribution in [1.82, 2.24) is 19.7 Å². The lowest BCUT2D eigenvalue weighted by Crippen LogP contribution is -2.68. The van der Waals surface area contributed by atoms with E-state index >= 15 is 0 Å². The smallest absolute Gasteiger partial charge is 0.258 e. The molecule has 3 saturated carbocycles. The molecular formula is C30H35FN4O2S. The molecule has 3 unspecified atom stereocenters. The zero-order valence-electron chi connectivity index (χ0n) is 22.6. The van der Waals surface area contributed by atoms with Crippen LogP contribution >= 0.6 is 0 Å². The molecule has 1 N–H and O–H groups in total. The van der Waals surface area contributed by atoms with Gasteiger partial charge in [-0.15, -0.1) is 0 Å². The maximum absolute atomic E-state index is 13.7. The summed E-state index contributed by atoms with van der Waals surface area (Å²) < 4.78 is 29.3. The molecule has 0 amide bonds. The van der Waals surface area contributed by atoms with Gasteiger partial charge in [0.1, 0.15) is 0 Å². The van der Waals surface area contributed by atoms with Crippen LogP contribution < -0.4 is 10.9 Å². The number of hydrogen-bond acceptors (Lipinski definition) is 4. The molecule has 0 saturated heterocycles. The molecular weight excluding hydrogens is 499 g/mol. The van der Waals surface area contributed by atoms with Gasteiger partial charge in [0.15, 0.2) is 6.30 Å². The number of hydrogen-bond donors (Lipinski definition) is 1. The van der Waals surface area contributed by atoms with E-state index in [1.54, 1.807) is 12.5 Å². The second-order valence-electron chi connectivity index (χ2n) is 11.7. The molecule has 6 nitrogen and oxygen atoms in total. The fourth-order valence-electron chi connectivity index (χ4n) is 7.12. The number of fused-ring (bicyclic) bond motifs is 1. The summed E-state index contributed by atoms with van der Waals surface area (Å²) in [6.07, 6.45) is 13.9. The van der Waals surface area contributed by atoms with Crippen molar-refractivity contribution in [2.45, 2.75) is 74.9 Å². The first-order valence-corrected chi connectivity index (χ1v) is 14.9. The van der Waals surface area contributed by atoms with Crippen LogP contribution in [-0.4, -0.2) is 30.1 Å². The topological polar surface area (TPSA) is 68.9 Å². The van der Waals surface area contributed by atoms with Gasteiger partial charge in [0.2, 0.25) is 0 Å². The number of halogens is 1. The van der Waals surface area contributed by atoms with E-state index in [4.69, 9.17) is 0 Å². The van der Waals surface area contributed by atoms with Crippen molar-refractivity contribution in [3.05, 3.63) is 87.3 Å². The van der Waals surface area contributed by atoms with Gasteiger partial charge < -0.3 is 9.88 Å². The lowest BCUT2D eigenvalue weighted by atomic mass is 9.33. The van der Waals surface area contributed by atoms with Crippen LogP contribution in [-0.2, 0) is 28.7 Å². The number of nitrogens with zero attached hydrogens (tertiary/aromatic N) is 3. The summed E-state index contributed by atoms with van der Waals surface area (Å²) in [6, 6.07) is 6.31. The van der Waals surface area contributed by atoms with E-state index in [1.807, 2.05) is 43.0 Å². The van der Waals surface area contributed by atoms with Crippen molar-refractivity contribution in [2.24, 2.45) is 7.05 Å². The minimum absolute atomic E-state index is 0.0276. The van der Waals surface area contributed by atoms with Gasteiger partial charge in [0, 0.05) is 63.9 Å². The van der Waals surface area contributed by atoms with E-state index < -0.39 is 17.1 Å². The third-order valence-corrected chi connectivity index (χ3v) is 10.3. The standard InChI is InChI=1S/C30H35FN4O2S/c1-18-10-22(19(2)33-25-8-6-7-9-26(25)38(5)37)23-12-27(34(4)28(36)24(23)11-18)30-15-29(16-30,17-30)21-13-32-35(14-21)20(3)31/h6-8,10-14,19-20,26,33H,9,15-17H2,1-5H3/t19-,20?,26?,29?,30?,38?/m1/s1. The second-order valence-corrected chi connectivity index (χ2v) is 13.3. The fraction of sp³-hybridized carbons (Fsp3) is 0.467. The Morgan fingerprint density at radius 1 is 1.16 bits per heavy atom. The summed E-state index contributed by atoms with van der Waals surface area (Å²) in [7, 11) is 0.906. The molecule has 200 valence electrons. The molecule has 3 fully saturated rings. The second kappa shape index (κ2) is 8.76. The first-order valence-electron chi connectivity index (χ1n) is 13.3. The Labute approximate surface area is 225 Å². The summed E-state index contributed by atoms with van der Waals surface area (Å²) in [5.74, 6) is 0. The number of rotatable bonds is 7. The van der Waals surface area contributed by atoms with Crippen molar-refractivity contribution in [2.75, 3.05) is 6.26 Å². The molecule has 38 heavy (non-hydrogen) atoms. The first-order chi connectivity index (χ1) is 18.0. The van der Waals surface area contributed by atoms with Crippen LogP contribution in [0.3, 0.4) is 0 Å². The number of aromatic nitrogens is 3. The zero-order valence-corrected chi connectivity index (χ0v) is 23.4. The van der Waals surface area contributed by atoms with Gasteiger partial charge in [-0.3, -0.25) is 9.00 Å². The predicted molar refractivity (Wildman–Crippen MR) is 150 cm³/mol. The van der Waals surface area contributed by atoms with Gasteiger partial charge in [-0.05, 0) is 86.7 Å². The molecule has 2 aromatic heterocycles. The summed E-state index contributed by atoms with van der Waals surface area (Å²) in [6.45, 7) is 5.63. The molecule has 3 aromatic rings. The van der Waals surface area contributed by atoms with Crippen LogP contribution in [0.2, 0.25) is 0 Å². The molecule has 1 aromatic carbocycles. The molecule has 2 bridgehead atoms. The number of nitrogens with one attached hydrogen (secondary N) is 1. The highest BCUT2D eigenvalue weighted by molar-refractivity contribution is 7.85.